The van der Waals surface area contributed by atoms with Gasteiger partial charge < -0.3 is 10.6 Å². The van der Waals surface area contributed by atoms with E-state index in [4.69, 9.17) is 0 Å². The summed E-state index contributed by atoms with van der Waals surface area (Å²) in [6.07, 6.45) is 3.45. The van der Waals surface area contributed by atoms with Crippen molar-refractivity contribution in [2.24, 2.45) is 11.3 Å². The van der Waals surface area contributed by atoms with E-state index in [1.54, 1.807) is 7.05 Å². The van der Waals surface area contributed by atoms with E-state index >= 15 is 0 Å². The van der Waals surface area contributed by atoms with Gasteiger partial charge in [0.25, 0.3) is 0 Å². The molecule has 0 bridgehead atoms. The molecule has 3 heteroatoms. The summed E-state index contributed by atoms with van der Waals surface area (Å²) in [5.74, 6) is 0.737. The van der Waals surface area contributed by atoms with Gasteiger partial charge in [0, 0.05) is 13.1 Å². The third-order valence-electron chi connectivity index (χ3n) is 2.85. The van der Waals surface area contributed by atoms with Crippen LogP contribution in [0.5, 0.6) is 0 Å². The van der Waals surface area contributed by atoms with Crippen LogP contribution in [0.3, 0.4) is 0 Å². The highest BCUT2D eigenvalue weighted by atomic mass is 16.2. The van der Waals surface area contributed by atoms with E-state index in [1.807, 2.05) is 0 Å². The van der Waals surface area contributed by atoms with Crippen molar-refractivity contribution in [3.05, 3.63) is 0 Å². The normalized spacial score (nSPS) is 13.7. The van der Waals surface area contributed by atoms with E-state index < -0.39 is 0 Å². The number of amides is 2. The molecule has 0 rings (SSSR count). The van der Waals surface area contributed by atoms with Crippen molar-refractivity contribution >= 4 is 6.03 Å². The monoisotopic (exact) mass is 228 g/mol. The van der Waals surface area contributed by atoms with Gasteiger partial charge in [-0.3, -0.25) is 0 Å². The molecule has 2 amide bonds. The minimum atomic E-state index is -0.0792. The highest BCUT2D eigenvalue weighted by Crippen LogP contribution is 2.24. The molecule has 96 valence electrons. The van der Waals surface area contributed by atoms with Crippen LogP contribution in [0, 0.1) is 11.3 Å². The van der Waals surface area contributed by atoms with Crippen molar-refractivity contribution in [1.29, 1.82) is 0 Å². The van der Waals surface area contributed by atoms with Crippen molar-refractivity contribution < 1.29 is 4.79 Å². The molecule has 16 heavy (non-hydrogen) atoms. The van der Waals surface area contributed by atoms with Crippen LogP contribution < -0.4 is 10.6 Å². The summed E-state index contributed by atoms with van der Waals surface area (Å²) in [5, 5.41) is 5.65. The van der Waals surface area contributed by atoms with Crippen LogP contribution in [0.2, 0.25) is 0 Å². The van der Waals surface area contributed by atoms with Gasteiger partial charge in [-0.15, -0.1) is 0 Å². The van der Waals surface area contributed by atoms with Gasteiger partial charge in [0.1, 0.15) is 0 Å². The zero-order valence-electron chi connectivity index (χ0n) is 11.7. The topological polar surface area (TPSA) is 41.1 Å². The molecule has 1 unspecified atom stereocenters. The molecule has 3 nitrogen and oxygen atoms in total. The van der Waals surface area contributed by atoms with E-state index in [2.05, 4.69) is 45.3 Å². The van der Waals surface area contributed by atoms with Crippen LogP contribution in [-0.4, -0.2) is 19.1 Å². The minimum absolute atomic E-state index is 0.0792. The highest BCUT2D eigenvalue weighted by Gasteiger charge is 2.25. The van der Waals surface area contributed by atoms with E-state index in [0.717, 1.165) is 12.3 Å². The first-order valence-electron chi connectivity index (χ1n) is 6.25. The van der Waals surface area contributed by atoms with E-state index in [9.17, 15) is 4.79 Å². The molecule has 2 N–H and O–H groups in total. The van der Waals surface area contributed by atoms with E-state index in [1.165, 1.54) is 12.8 Å². The second kappa shape index (κ2) is 6.77. The fourth-order valence-electron chi connectivity index (χ4n) is 1.68. The first-order chi connectivity index (χ1) is 7.27. The summed E-state index contributed by atoms with van der Waals surface area (Å²) in [6, 6.07) is 0.163. The maximum atomic E-state index is 11.3. The molecule has 0 saturated carbocycles. The zero-order chi connectivity index (χ0) is 12.8. The Labute approximate surface area is 100 Å². The molecule has 0 radical (unpaired) electrons. The van der Waals surface area contributed by atoms with Crippen molar-refractivity contribution in [3.63, 3.8) is 0 Å². The van der Waals surface area contributed by atoms with Crippen LogP contribution >= 0.6 is 0 Å². The van der Waals surface area contributed by atoms with E-state index in [0.29, 0.717) is 0 Å². The molecule has 0 saturated heterocycles. The first-order valence-corrected chi connectivity index (χ1v) is 6.25. The Hall–Kier alpha value is -0.730. The highest BCUT2D eigenvalue weighted by molar-refractivity contribution is 5.73. The van der Waals surface area contributed by atoms with Gasteiger partial charge in [-0.05, 0) is 17.8 Å². The molecule has 0 spiro atoms. The number of urea groups is 1. The predicted molar refractivity (Wildman–Crippen MR) is 69.5 cm³/mol. The maximum absolute atomic E-state index is 11.3. The number of rotatable bonds is 5. The number of carbonyl (C=O) groups excluding carboxylic acids is 1. The molecular weight excluding hydrogens is 200 g/mol. The average Bonchev–Trinajstić information content (AvgIpc) is 2.13. The lowest BCUT2D eigenvalue weighted by atomic mass is 9.83. The van der Waals surface area contributed by atoms with Crippen LogP contribution in [-0.2, 0) is 0 Å². The third kappa shape index (κ3) is 6.70. The second-order valence-corrected chi connectivity index (χ2v) is 5.97. The van der Waals surface area contributed by atoms with Gasteiger partial charge in [-0.25, -0.2) is 4.79 Å². The van der Waals surface area contributed by atoms with Crippen molar-refractivity contribution in [2.45, 2.75) is 59.9 Å². The molecule has 0 aromatic carbocycles. The summed E-state index contributed by atoms with van der Waals surface area (Å²) in [5.41, 5.74) is 0.115. The van der Waals surface area contributed by atoms with Crippen LogP contribution in [0.15, 0.2) is 0 Å². The summed E-state index contributed by atoms with van der Waals surface area (Å²) in [7, 11) is 1.66. The number of hydrogen-bond acceptors (Lipinski definition) is 1. The lowest BCUT2D eigenvalue weighted by Gasteiger charge is -2.31. The Morgan fingerprint density at radius 3 is 2.12 bits per heavy atom. The van der Waals surface area contributed by atoms with Gasteiger partial charge in [-0.1, -0.05) is 47.5 Å². The molecule has 0 aromatic heterocycles. The summed E-state index contributed by atoms with van der Waals surface area (Å²) in [4.78, 5) is 11.3. The molecule has 0 heterocycles. The maximum Gasteiger partial charge on any atom is 0.314 e. The van der Waals surface area contributed by atoms with Crippen molar-refractivity contribution in [1.82, 2.24) is 10.6 Å². The first kappa shape index (κ1) is 15.3. The van der Waals surface area contributed by atoms with Crippen LogP contribution in [0.1, 0.15) is 53.9 Å². The number of carbonyl (C=O) groups is 1. The van der Waals surface area contributed by atoms with E-state index in [-0.39, 0.29) is 17.5 Å². The Balaban J connectivity index is 4.17. The van der Waals surface area contributed by atoms with Gasteiger partial charge >= 0.3 is 6.03 Å². The Bertz CT molecular complexity index is 206. The van der Waals surface area contributed by atoms with Crippen LogP contribution in [0.25, 0.3) is 0 Å². The molecule has 1 atom stereocenters. The fraction of sp³-hybridized carbons (Fsp3) is 0.923. The molecule has 0 aliphatic carbocycles. The van der Waals surface area contributed by atoms with Gasteiger partial charge in [-0.2, -0.15) is 0 Å². The smallest absolute Gasteiger partial charge is 0.314 e. The fourth-order valence-corrected chi connectivity index (χ4v) is 1.68. The second-order valence-electron chi connectivity index (χ2n) is 5.97. The zero-order valence-corrected chi connectivity index (χ0v) is 11.7. The Morgan fingerprint density at radius 1 is 1.19 bits per heavy atom. The quantitative estimate of drug-likeness (QED) is 0.745. The van der Waals surface area contributed by atoms with Gasteiger partial charge in [0.05, 0.1) is 0 Å². The molecular formula is C13H28N2O. The lowest BCUT2D eigenvalue weighted by Crippen LogP contribution is -2.47. The molecule has 0 fully saturated rings. The molecule has 0 aliphatic heterocycles. The van der Waals surface area contributed by atoms with Crippen LogP contribution in [0.4, 0.5) is 4.79 Å². The largest absolute Gasteiger partial charge is 0.341 e. The summed E-state index contributed by atoms with van der Waals surface area (Å²) in [6.45, 7) is 11.0. The van der Waals surface area contributed by atoms with Gasteiger partial charge in [0.15, 0.2) is 0 Å². The Morgan fingerprint density at radius 2 is 1.75 bits per heavy atom. The Kier molecular flexibility index (Phi) is 6.46. The van der Waals surface area contributed by atoms with Crippen molar-refractivity contribution in [2.75, 3.05) is 7.05 Å². The van der Waals surface area contributed by atoms with Crippen molar-refractivity contribution in [3.8, 4) is 0 Å². The standard InChI is InChI=1S/C13H28N2O/c1-10(2)8-7-9-11(13(3,4)5)15-12(16)14-6/h10-11H,7-9H2,1-6H3,(H2,14,15,16). The minimum Gasteiger partial charge on any atom is -0.341 e. The van der Waals surface area contributed by atoms with Gasteiger partial charge in [0.2, 0.25) is 0 Å². The lowest BCUT2D eigenvalue weighted by molar-refractivity contribution is 0.213. The summed E-state index contributed by atoms with van der Waals surface area (Å²) >= 11 is 0. The third-order valence-corrected chi connectivity index (χ3v) is 2.85. The number of hydrogen-bond donors (Lipinski definition) is 2. The SMILES string of the molecule is CNC(=O)NC(CCCC(C)C)C(C)(C)C. The number of nitrogens with one attached hydrogen (secondary N) is 2. The average molecular weight is 228 g/mol. The molecule has 0 aliphatic rings. The predicted octanol–water partition coefficient (Wildman–Crippen LogP) is 3.16. The summed E-state index contributed by atoms with van der Waals surface area (Å²) < 4.78 is 0. The molecule has 0 aromatic rings.